The maximum Gasteiger partial charge on any atom is 0.223 e. The summed E-state index contributed by atoms with van der Waals surface area (Å²) in [4.78, 5) is 14.7. The number of furan rings is 1. The number of carbonyl (C=O) groups excluding carboxylic acids is 1. The normalized spacial score (nSPS) is 22.4. The van der Waals surface area contributed by atoms with E-state index in [1.165, 1.54) is 0 Å². The summed E-state index contributed by atoms with van der Waals surface area (Å²) in [6.45, 7) is 9.81. The summed E-state index contributed by atoms with van der Waals surface area (Å²) in [5.74, 6) is 1.23. The van der Waals surface area contributed by atoms with Gasteiger partial charge in [0, 0.05) is 18.5 Å². The van der Waals surface area contributed by atoms with Crippen molar-refractivity contribution in [3.63, 3.8) is 0 Å². The standard InChI is InChI=1S/C17H29N3O2.ClH/c1-4-20(5-2)15(16-7-6-10-22-16)12-19-17(21)14-8-9-18-13(3)11-14;/h6-7,10,13-15,18H,4-5,8-9,11-12H2,1-3H3,(H,19,21);1H/t13-,14-,15?;/m0./s1. The average Bonchev–Trinajstić information content (AvgIpc) is 3.05. The van der Waals surface area contributed by atoms with Gasteiger partial charge in [-0.1, -0.05) is 13.8 Å². The van der Waals surface area contributed by atoms with Gasteiger partial charge in [-0.2, -0.15) is 0 Å². The fourth-order valence-corrected chi connectivity index (χ4v) is 3.27. The van der Waals surface area contributed by atoms with Gasteiger partial charge in [-0.05, 0) is 51.5 Å². The highest BCUT2D eigenvalue weighted by Crippen LogP contribution is 2.21. The zero-order valence-electron chi connectivity index (χ0n) is 14.4. The van der Waals surface area contributed by atoms with Crippen LogP contribution in [0.3, 0.4) is 0 Å². The van der Waals surface area contributed by atoms with Crippen LogP contribution in [0.1, 0.15) is 45.4 Å². The Hall–Kier alpha value is -1.04. The van der Waals surface area contributed by atoms with Crippen LogP contribution in [0.15, 0.2) is 22.8 Å². The van der Waals surface area contributed by atoms with Crippen LogP contribution in [0.25, 0.3) is 0 Å². The van der Waals surface area contributed by atoms with Crippen molar-refractivity contribution >= 4 is 18.3 Å². The number of hydrogen-bond donors (Lipinski definition) is 2. The molecule has 1 aromatic heterocycles. The van der Waals surface area contributed by atoms with Gasteiger partial charge in [0.15, 0.2) is 0 Å². The van der Waals surface area contributed by atoms with E-state index in [2.05, 4.69) is 36.3 Å². The number of nitrogens with one attached hydrogen (secondary N) is 2. The lowest BCUT2D eigenvalue weighted by Crippen LogP contribution is -2.44. The molecule has 6 heteroatoms. The minimum atomic E-state index is 0. The molecule has 2 heterocycles. The highest BCUT2D eigenvalue weighted by Gasteiger charge is 2.27. The van der Waals surface area contributed by atoms with Crippen molar-refractivity contribution in [1.82, 2.24) is 15.5 Å². The minimum Gasteiger partial charge on any atom is -0.468 e. The Morgan fingerprint density at radius 1 is 1.48 bits per heavy atom. The lowest BCUT2D eigenvalue weighted by Gasteiger charge is -2.30. The highest BCUT2D eigenvalue weighted by atomic mass is 35.5. The van der Waals surface area contributed by atoms with Crippen LogP contribution in [0, 0.1) is 5.92 Å². The van der Waals surface area contributed by atoms with E-state index in [4.69, 9.17) is 4.42 Å². The van der Waals surface area contributed by atoms with Crippen molar-refractivity contribution < 1.29 is 9.21 Å². The maximum atomic E-state index is 12.4. The molecule has 1 saturated heterocycles. The summed E-state index contributed by atoms with van der Waals surface area (Å²) >= 11 is 0. The third-order valence-corrected chi connectivity index (χ3v) is 4.59. The molecular formula is C17H30ClN3O2. The molecule has 132 valence electrons. The molecule has 23 heavy (non-hydrogen) atoms. The number of likely N-dealkylation sites (N-methyl/N-ethyl adjacent to an activating group) is 1. The van der Waals surface area contributed by atoms with E-state index in [9.17, 15) is 4.79 Å². The quantitative estimate of drug-likeness (QED) is 0.799. The number of rotatable bonds is 7. The zero-order valence-corrected chi connectivity index (χ0v) is 15.2. The Bertz CT molecular complexity index is 449. The Morgan fingerprint density at radius 2 is 2.22 bits per heavy atom. The minimum absolute atomic E-state index is 0. The predicted octanol–water partition coefficient (Wildman–Crippen LogP) is 2.59. The van der Waals surface area contributed by atoms with E-state index >= 15 is 0 Å². The molecule has 1 aromatic rings. The molecule has 0 radical (unpaired) electrons. The molecule has 0 aromatic carbocycles. The first-order valence-corrected chi connectivity index (χ1v) is 8.44. The summed E-state index contributed by atoms with van der Waals surface area (Å²) in [7, 11) is 0. The lowest BCUT2D eigenvalue weighted by atomic mass is 9.92. The van der Waals surface area contributed by atoms with E-state index in [0.29, 0.717) is 12.6 Å². The maximum absolute atomic E-state index is 12.4. The summed E-state index contributed by atoms with van der Waals surface area (Å²) in [6.07, 6.45) is 3.54. The molecule has 0 bridgehead atoms. The summed E-state index contributed by atoms with van der Waals surface area (Å²) < 4.78 is 5.57. The van der Waals surface area contributed by atoms with Gasteiger partial charge in [-0.3, -0.25) is 9.69 Å². The SMILES string of the molecule is CCN(CC)C(CNC(=O)[C@H]1CCN[C@@H](C)C1)c1ccco1.Cl. The fraction of sp³-hybridized carbons (Fsp3) is 0.706. The Morgan fingerprint density at radius 3 is 2.78 bits per heavy atom. The molecule has 0 saturated carbocycles. The summed E-state index contributed by atoms with van der Waals surface area (Å²) in [5.41, 5.74) is 0. The van der Waals surface area contributed by atoms with Gasteiger partial charge in [0.05, 0.1) is 12.3 Å². The number of halogens is 1. The molecule has 0 aliphatic carbocycles. The smallest absolute Gasteiger partial charge is 0.223 e. The van der Waals surface area contributed by atoms with Crippen LogP contribution in [0.5, 0.6) is 0 Å². The number of carbonyl (C=O) groups is 1. The zero-order chi connectivity index (χ0) is 15.9. The van der Waals surface area contributed by atoms with E-state index in [-0.39, 0.29) is 30.3 Å². The highest BCUT2D eigenvalue weighted by molar-refractivity contribution is 5.85. The van der Waals surface area contributed by atoms with Gasteiger partial charge in [0.25, 0.3) is 0 Å². The molecule has 1 unspecified atom stereocenters. The number of amides is 1. The second-order valence-corrected chi connectivity index (χ2v) is 6.07. The first kappa shape index (κ1) is 20.0. The molecule has 2 rings (SSSR count). The van der Waals surface area contributed by atoms with Crippen LogP contribution in [0.4, 0.5) is 0 Å². The van der Waals surface area contributed by atoms with E-state index in [1.54, 1.807) is 6.26 Å². The van der Waals surface area contributed by atoms with Crippen LogP contribution in [-0.4, -0.2) is 43.0 Å². The summed E-state index contributed by atoms with van der Waals surface area (Å²) in [6, 6.07) is 4.42. The summed E-state index contributed by atoms with van der Waals surface area (Å²) in [5, 5.41) is 6.53. The molecule has 2 N–H and O–H groups in total. The molecule has 1 amide bonds. The van der Waals surface area contributed by atoms with Gasteiger partial charge in [0.1, 0.15) is 5.76 Å². The van der Waals surface area contributed by atoms with Gasteiger partial charge >= 0.3 is 0 Å². The van der Waals surface area contributed by atoms with Crippen molar-refractivity contribution in [2.45, 2.75) is 45.7 Å². The van der Waals surface area contributed by atoms with E-state index < -0.39 is 0 Å². The van der Waals surface area contributed by atoms with Crippen LogP contribution in [-0.2, 0) is 4.79 Å². The van der Waals surface area contributed by atoms with Gasteiger partial charge in [-0.25, -0.2) is 0 Å². The van der Waals surface area contributed by atoms with Crippen molar-refractivity contribution in [3.8, 4) is 0 Å². The molecule has 0 spiro atoms. The molecular weight excluding hydrogens is 314 g/mol. The third-order valence-electron chi connectivity index (χ3n) is 4.59. The Labute approximate surface area is 145 Å². The fourth-order valence-electron chi connectivity index (χ4n) is 3.27. The first-order chi connectivity index (χ1) is 10.7. The monoisotopic (exact) mass is 343 g/mol. The van der Waals surface area contributed by atoms with Gasteiger partial charge in [-0.15, -0.1) is 12.4 Å². The van der Waals surface area contributed by atoms with Crippen molar-refractivity contribution in [2.24, 2.45) is 5.92 Å². The van der Waals surface area contributed by atoms with Gasteiger partial charge in [0.2, 0.25) is 5.91 Å². The number of piperidine rings is 1. The first-order valence-electron chi connectivity index (χ1n) is 8.44. The molecule has 3 atom stereocenters. The van der Waals surface area contributed by atoms with Gasteiger partial charge < -0.3 is 15.1 Å². The Balaban J connectivity index is 0.00000264. The van der Waals surface area contributed by atoms with Crippen molar-refractivity contribution in [2.75, 3.05) is 26.2 Å². The predicted molar refractivity (Wildman–Crippen MR) is 94.8 cm³/mol. The van der Waals surface area contributed by atoms with Crippen molar-refractivity contribution in [1.29, 1.82) is 0 Å². The molecule has 5 nitrogen and oxygen atoms in total. The second kappa shape index (κ2) is 9.96. The van der Waals surface area contributed by atoms with Crippen LogP contribution < -0.4 is 10.6 Å². The Kier molecular flexibility index (Phi) is 8.66. The van der Waals surface area contributed by atoms with E-state index in [1.807, 2.05) is 12.1 Å². The second-order valence-electron chi connectivity index (χ2n) is 6.07. The molecule has 1 aliphatic heterocycles. The molecule has 1 fully saturated rings. The molecule has 1 aliphatic rings. The average molecular weight is 344 g/mol. The lowest BCUT2D eigenvalue weighted by molar-refractivity contribution is -0.126. The van der Waals surface area contributed by atoms with Crippen molar-refractivity contribution in [3.05, 3.63) is 24.2 Å². The largest absolute Gasteiger partial charge is 0.468 e. The van der Waals surface area contributed by atoms with Crippen LogP contribution in [0.2, 0.25) is 0 Å². The van der Waals surface area contributed by atoms with Crippen LogP contribution >= 0.6 is 12.4 Å². The number of nitrogens with zero attached hydrogens (tertiary/aromatic N) is 1. The third kappa shape index (κ3) is 5.52. The number of hydrogen-bond acceptors (Lipinski definition) is 4. The topological polar surface area (TPSA) is 57.5 Å². The van der Waals surface area contributed by atoms with E-state index in [0.717, 1.165) is 38.2 Å².